The van der Waals surface area contributed by atoms with Crippen LogP contribution in [0.2, 0.25) is 0 Å². The first-order chi connectivity index (χ1) is 29.6. The summed E-state index contributed by atoms with van der Waals surface area (Å²) in [5.41, 5.74) is 0.924. The number of nitrogens with zero attached hydrogens (tertiary/aromatic N) is 4. The molecule has 3 saturated heterocycles. The molecule has 0 aliphatic carbocycles. The number of carbonyl (C=O) groups is 3. The van der Waals surface area contributed by atoms with Gasteiger partial charge in [-0.3, -0.25) is 38.6 Å². The van der Waals surface area contributed by atoms with Crippen molar-refractivity contribution in [3.63, 3.8) is 0 Å². The maximum Gasteiger partial charge on any atom is 0.395 e. The molecule has 7 rings (SSSR count). The summed E-state index contributed by atoms with van der Waals surface area (Å²) in [6, 6.07) is 19.9. The predicted molar refractivity (Wildman–Crippen MR) is 228 cm³/mol. The topological polar surface area (TPSA) is 136 Å². The van der Waals surface area contributed by atoms with E-state index in [1.54, 1.807) is 32.4 Å². The fourth-order valence-corrected chi connectivity index (χ4v) is 9.10. The minimum absolute atomic E-state index is 0.0758. The van der Waals surface area contributed by atoms with E-state index in [1.165, 1.54) is 23.0 Å². The number of hydrogen-bond acceptors (Lipinski definition) is 9. The van der Waals surface area contributed by atoms with Crippen LogP contribution in [0.15, 0.2) is 71.5 Å². The third kappa shape index (κ3) is 10.0. The van der Waals surface area contributed by atoms with Crippen LogP contribution in [-0.4, -0.2) is 102 Å². The molecule has 0 spiro atoms. The number of aryl methyl sites for hydroxylation is 1. The number of carbonyl (C=O) groups excluding carboxylic acids is 3. The largest absolute Gasteiger partial charge is 0.497 e. The Balaban J connectivity index is 0.938. The molecule has 1 atom stereocenters. The van der Waals surface area contributed by atoms with Crippen LogP contribution in [-0.2, 0) is 38.1 Å². The summed E-state index contributed by atoms with van der Waals surface area (Å²) in [4.78, 5) is 54.9. The zero-order valence-electron chi connectivity index (χ0n) is 35.9. The minimum Gasteiger partial charge on any atom is -0.497 e. The van der Waals surface area contributed by atoms with Crippen LogP contribution in [0, 0.1) is 5.41 Å². The van der Waals surface area contributed by atoms with E-state index in [2.05, 4.69) is 22.8 Å². The molecule has 3 amide bonds. The van der Waals surface area contributed by atoms with Gasteiger partial charge in [0.15, 0.2) is 0 Å². The van der Waals surface area contributed by atoms with E-state index >= 15 is 0 Å². The number of hydrogen-bond donors (Lipinski definition) is 2. The molecule has 3 aromatic carbocycles. The highest BCUT2D eigenvalue weighted by Crippen LogP contribution is 2.41. The third-order valence-electron chi connectivity index (χ3n) is 12.9. The van der Waals surface area contributed by atoms with Gasteiger partial charge in [-0.15, -0.1) is 0 Å². The maximum absolute atomic E-state index is 14.2. The first kappa shape index (κ1) is 44.9. The van der Waals surface area contributed by atoms with Crippen molar-refractivity contribution in [2.45, 2.75) is 89.1 Å². The molecule has 3 aliphatic heterocycles. The number of halogens is 3. The third-order valence-corrected chi connectivity index (χ3v) is 12.9. The van der Waals surface area contributed by atoms with E-state index in [-0.39, 0.29) is 49.3 Å². The second-order valence-electron chi connectivity index (χ2n) is 17.6. The number of rotatable bonds is 15. The van der Waals surface area contributed by atoms with E-state index in [1.807, 2.05) is 46.2 Å². The molecule has 13 nitrogen and oxygen atoms in total. The molecule has 3 aliphatic rings. The highest BCUT2D eigenvalue weighted by molar-refractivity contribution is 6.02. The van der Waals surface area contributed by atoms with Crippen LogP contribution in [0.1, 0.15) is 76.0 Å². The number of piperidine rings is 2. The lowest BCUT2D eigenvalue weighted by Gasteiger charge is -2.41. The molecule has 4 aromatic rings. The number of likely N-dealkylation sites (tertiary alicyclic amines) is 1. The van der Waals surface area contributed by atoms with Gasteiger partial charge in [-0.1, -0.05) is 30.3 Å². The first-order valence-electron chi connectivity index (χ1n) is 21.4. The van der Waals surface area contributed by atoms with E-state index < -0.39 is 29.2 Å². The summed E-state index contributed by atoms with van der Waals surface area (Å²) in [5.74, 6) is 0.291. The smallest absolute Gasteiger partial charge is 0.395 e. The van der Waals surface area contributed by atoms with Crippen molar-refractivity contribution >= 4 is 34.4 Å². The lowest BCUT2D eigenvalue weighted by atomic mass is 9.71. The zero-order valence-corrected chi connectivity index (χ0v) is 35.9. The van der Waals surface area contributed by atoms with Crippen LogP contribution in [0.5, 0.6) is 11.5 Å². The Morgan fingerprint density at radius 2 is 1.63 bits per heavy atom. The number of nitrogens with one attached hydrogen (secondary N) is 2. The van der Waals surface area contributed by atoms with Crippen molar-refractivity contribution in [2.75, 3.05) is 58.4 Å². The molecule has 2 N–H and O–H groups in total. The van der Waals surface area contributed by atoms with Gasteiger partial charge in [0, 0.05) is 58.3 Å². The van der Waals surface area contributed by atoms with Gasteiger partial charge in [-0.05, 0) is 106 Å². The highest BCUT2D eigenvalue weighted by Gasteiger charge is 2.48. The quantitative estimate of drug-likeness (QED) is 0.131. The number of imidazole rings is 1. The Hall–Kier alpha value is -5.19. The van der Waals surface area contributed by atoms with Gasteiger partial charge in [0.05, 0.1) is 35.8 Å². The van der Waals surface area contributed by atoms with E-state index in [0.29, 0.717) is 81.1 Å². The van der Waals surface area contributed by atoms with Gasteiger partial charge in [0.25, 0.3) is 0 Å². The molecule has 0 radical (unpaired) electrons. The minimum atomic E-state index is -4.36. The summed E-state index contributed by atoms with van der Waals surface area (Å²) in [5, 5.41) is 5.26. The number of imide groups is 1. The van der Waals surface area contributed by atoms with E-state index in [0.717, 1.165) is 29.7 Å². The van der Waals surface area contributed by atoms with E-state index in [4.69, 9.17) is 14.2 Å². The number of ether oxygens (including phenoxy) is 3. The molecule has 334 valence electrons. The molecular formula is C46H57F3N6O7. The molecule has 3 fully saturated rings. The highest BCUT2D eigenvalue weighted by atomic mass is 19.4. The lowest BCUT2D eigenvalue weighted by molar-refractivity contribution is -0.217. The lowest BCUT2D eigenvalue weighted by Crippen LogP contribution is -2.45. The Bertz CT molecular complexity index is 2280. The van der Waals surface area contributed by atoms with Crippen LogP contribution < -0.4 is 25.8 Å². The summed E-state index contributed by atoms with van der Waals surface area (Å²) < 4.78 is 62.9. The number of amides is 3. The van der Waals surface area contributed by atoms with Crippen LogP contribution in [0.3, 0.4) is 0 Å². The molecule has 1 aromatic heterocycles. The van der Waals surface area contributed by atoms with Crippen LogP contribution in [0.4, 0.5) is 18.9 Å². The van der Waals surface area contributed by atoms with E-state index in [9.17, 15) is 32.3 Å². The van der Waals surface area contributed by atoms with Crippen molar-refractivity contribution in [3.05, 3.63) is 88.3 Å². The van der Waals surface area contributed by atoms with Crippen molar-refractivity contribution in [1.29, 1.82) is 0 Å². The fourth-order valence-electron chi connectivity index (χ4n) is 9.10. The number of aromatic nitrogens is 2. The Labute approximate surface area is 359 Å². The average Bonchev–Trinajstić information content (AvgIpc) is 3.50. The second kappa shape index (κ2) is 18.7. The number of anilines is 1. The molecule has 4 heterocycles. The summed E-state index contributed by atoms with van der Waals surface area (Å²) in [6.07, 6.45) is -0.449. The van der Waals surface area contributed by atoms with Crippen molar-refractivity contribution in [3.8, 4) is 11.5 Å². The number of fused-ring (bicyclic) bond motifs is 1. The molecule has 62 heavy (non-hydrogen) atoms. The van der Waals surface area contributed by atoms with Gasteiger partial charge in [-0.2, -0.15) is 13.2 Å². The molecule has 0 bridgehead atoms. The predicted octanol–water partition coefficient (Wildman–Crippen LogP) is 6.34. The van der Waals surface area contributed by atoms with Crippen molar-refractivity contribution in [1.82, 2.24) is 24.3 Å². The number of para-hydroxylation sites is 1. The Kier molecular flexibility index (Phi) is 13.5. The molecule has 1 unspecified atom stereocenters. The van der Waals surface area contributed by atoms with Crippen LogP contribution >= 0.6 is 0 Å². The molecule has 0 saturated carbocycles. The summed E-state index contributed by atoms with van der Waals surface area (Å²) in [7, 11) is 3.21. The SMILES string of the molecule is COc1ccc(C2(CCN(Cc3ccc(OC4CCN(CC(=O)Nc5cccc6c5n(C)c(=O)n6C5CCC(=O)NC5=O)CC4)cc3)CC(C)(C)C(F)(F)F)CCOCC2)cc1. The number of methoxy groups -OCH3 is 1. The first-order valence-corrected chi connectivity index (χ1v) is 21.4. The number of benzene rings is 3. The second-order valence-corrected chi connectivity index (χ2v) is 17.6. The van der Waals surface area contributed by atoms with Gasteiger partial charge in [-0.25, -0.2) is 4.79 Å². The fraction of sp³-hybridized carbons (Fsp3) is 0.522. The van der Waals surface area contributed by atoms with Gasteiger partial charge in [0.1, 0.15) is 23.6 Å². The molecule has 16 heteroatoms. The Morgan fingerprint density at radius 1 is 0.952 bits per heavy atom. The monoisotopic (exact) mass is 862 g/mol. The summed E-state index contributed by atoms with van der Waals surface area (Å²) in [6.45, 7) is 5.80. The normalized spacial score (nSPS) is 19.1. The Morgan fingerprint density at radius 3 is 2.27 bits per heavy atom. The van der Waals surface area contributed by atoms with Crippen molar-refractivity contribution < 1.29 is 41.8 Å². The number of alkyl halides is 3. The molecular weight excluding hydrogens is 806 g/mol. The van der Waals surface area contributed by atoms with Gasteiger partial charge in [0.2, 0.25) is 17.7 Å². The van der Waals surface area contributed by atoms with Gasteiger partial charge >= 0.3 is 11.9 Å². The van der Waals surface area contributed by atoms with Crippen LogP contribution in [0.25, 0.3) is 11.0 Å². The average molecular weight is 863 g/mol. The maximum atomic E-state index is 14.2. The summed E-state index contributed by atoms with van der Waals surface area (Å²) >= 11 is 0. The zero-order chi connectivity index (χ0) is 44.2. The standard InChI is InChI=1S/C46H57F3N6O7/c1-44(2,46(47,48)49)30-54(25-20-45(21-26-61-27-22-45)32-10-14-33(60-4)15-11-32)28-31-8-12-34(13-9-31)62-35-18-23-53(24-19-35)29-40(57)50-36-6-5-7-37-41(36)52(3)43(59)55(37)38-16-17-39(56)51-42(38)58/h5-15,35,38H,16-30H2,1-4H3,(H,50,57)(H,51,56,58). The van der Waals surface area contributed by atoms with Crippen molar-refractivity contribution in [2.24, 2.45) is 12.5 Å². The van der Waals surface area contributed by atoms with Gasteiger partial charge < -0.3 is 19.5 Å².